The van der Waals surface area contributed by atoms with Gasteiger partial charge in [-0.2, -0.15) is 0 Å². The van der Waals surface area contributed by atoms with Crippen LogP contribution in [0.25, 0.3) is 0 Å². The second-order valence-corrected chi connectivity index (χ2v) is 20.4. The number of rotatable bonds is 18. The third kappa shape index (κ3) is 10.7. The summed E-state index contributed by atoms with van der Waals surface area (Å²) < 4.78 is 18.8. The number of unbranched alkanes of at least 4 members (excludes halogenated alkanes) is 5. The molecule has 60 heavy (non-hydrogen) atoms. The van der Waals surface area contributed by atoms with E-state index < -0.39 is 13.2 Å². The Balaban J connectivity index is 0.797. The van der Waals surface area contributed by atoms with Gasteiger partial charge in [0, 0.05) is 79.3 Å². The lowest BCUT2D eigenvalue weighted by Gasteiger charge is -2.34. The fourth-order valence-corrected chi connectivity index (χ4v) is 10.4. The standard InChI is InChI=1S/C47H58ClN6O5P/c1-59-42-29-36(19-18-33(42)28-44-50-30-39(48)40(51-44)27-34-14-9-10-17-43(34)60(2,3)58)53-25-22-35(23-26-53)49-24-11-7-5-4-6-8-13-32-15-12-16-37-38(32)31-54(47(37)57)41-20-21-45(55)52-46(41)56/h9-10,12,14-19,29-30,35,41,49H,4-8,11,13,20-28,31H2,1-3H3,(H,52,55,56). The first-order chi connectivity index (χ1) is 29.0. The van der Waals surface area contributed by atoms with E-state index in [0.717, 1.165) is 90.9 Å². The van der Waals surface area contributed by atoms with Crippen LogP contribution in [0.5, 0.6) is 5.75 Å². The highest BCUT2D eigenvalue weighted by molar-refractivity contribution is 7.70. The molecule has 2 fully saturated rings. The van der Waals surface area contributed by atoms with Gasteiger partial charge in [0.1, 0.15) is 24.8 Å². The smallest absolute Gasteiger partial charge is 0.255 e. The average Bonchev–Trinajstić information content (AvgIpc) is 3.57. The number of amides is 3. The average molecular weight is 853 g/mol. The number of fused-ring (bicyclic) bond motifs is 1. The van der Waals surface area contributed by atoms with Crippen molar-refractivity contribution in [3.8, 4) is 5.75 Å². The number of methoxy groups -OCH3 is 1. The quantitative estimate of drug-likeness (QED) is 0.0594. The van der Waals surface area contributed by atoms with E-state index >= 15 is 0 Å². The van der Waals surface area contributed by atoms with Crippen molar-refractivity contribution in [2.24, 2.45) is 0 Å². The van der Waals surface area contributed by atoms with Crippen molar-refractivity contribution in [1.82, 2.24) is 25.5 Å². The Labute approximate surface area is 359 Å². The predicted octanol–water partition coefficient (Wildman–Crippen LogP) is 7.47. The second-order valence-electron chi connectivity index (χ2n) is 16.8. The van der Waals surface area contributed by atoms with E-state index in [1.165, 1.54) is 31.2 Å². The Kier molecular flexibility index (Phi) is 14.4. The molecule has 4 heterocycles. The van der Waals surface area contributed by atoms with Gasteiger partial charge in [-0.15, -0.1) is 0 Å². The van der Waals surface area contributed by atoms with Crippen LogP contribution in [-0.4, -0.2) is 84.7 Å². The van der Waals surface area contributed by atoms with Crippen LogP contribution in [0.2, 0.25) is 5.02 Å². The van der Waals surface area contributed by atoms with Gasteiger partial charge in [-0.25, -0.2) is 9.97 Å². The van der Waals surface area contributed by atoms with Gasteiger partial charge >= 0.3 is 0 Å². The van der Waals surface area contributed by atoms with Crippen LogP contribution in [0.3, 0.4) is 0 Å². The molecule has 3 aliphatic rings. The fourth-order valence-electron chi connectivity index (χ4n) is 8.94. The first-order valence-electron chi connectivity index (χ1n) is 21.5. The summed E-state index contributed by atoms with van der Waals surface area (Å²) in [6.07, 6.45) is 13.5. The van der Waals surface area contributed by atoms with E-state index in [1.54, 1.807) is 31.5 Å². The van der Waals surface area contributed by atoms with Gasteiger partial charge in [0.15, 0.2) is 0 Å². The molecule has 11 nitrogen and oxygen atoms in total. The molecule has 2 N–H and O–H groups in total. The van der Waals surface area contributed by atoms with Crippen molar-refractivity contribution in [2.45, 2.75) is 102 Å². The van der Waals surface area contributed by atoms with Crippen molar-refractivity contribution in [2.75, 3.05) is 45.0 Å². The topological polar surface area (TPSA) is 134 Å². The Morgan fingerprint density at radius 2 is 1.63 bits per heavy atom. The lowest BCUT2D eigenvalue weighted by molar-refractivity contribution is -0.136. The van der Waals surface area contributed by atoms with Crippen LogP contribution in [0.1, 0.15) is 108 Å². The Bertz CT molecular complexity index is 2240. The molecule has 7 rings (SSSR count). The van der Waals surface area contributed by atoms with E-state index in [2.05, 4.69) is 44.8 Å². The monoisotopic (exact) mass is 852 g/mol. The van der Waals surface area contributed by atoms with Crippen molar-refractivity contribution >= 4 is 47.5 Å². The molecular weight excluding hydrogens is 795 g/mol. The third-order valence-electron chi connectivity index (χ3n) is 12.3. The number of nitrogens with zero attached hydrogens (tertiary/aromatic N) is 4. The lowest BCUT2D eigenvalue weighted by atomic mass is 9.98. The molecular formula is C47H58ClN6O5P. The molecule has 0 aliphatic carbocycles. The molecule has 3 aromatic carbocycles. The van der Waals surface area contributed by atoms with Gasteiger partial charge < -0.3 is 24.4 Å². The number of carbonyl (C=O) groups excluding carboxylic acids is 3. The molecule has 318 valence electrons. The van der Waals surface area contributed by atoms with E-state index in [4.69, 9.17) is 21.3 Å². The highest BCUT2D eigenvalue weighted by Gasteiger charge is 2.39. The van der Waals surface area contributed by atoms with Crippen LogP contribution in [0.15, 0.2) is 66.9 Å². The maximum absolute atomic E-state index is 13.1. The Hall–Kier alpha value is -4.57. The Morgan fingerprint density at radius 3 is 2.40 bits per heavy atom. The highest BCUT2D eigenvalue weighted by Crippen LogP contribution is 2.37. The summed E-state index contributed by atoms with van der Waals surface area (Å²) in [6.45, 7) is 7.03. The molecule has 13 heteroatoms. The zero-order chi connectivity index (χ0) is 42.2. The minimum atomic E-state index is -2.46. The maximum atomic E-state index is 13.1. The number of aromatic nitrogens is 2. The van der Waals surface area contributed by atoms with Gasteiger partial charge in [-0.1, -0.05) is 79.7 Å². The van der Waals surface area contributed by atoms with Gasteiger partial charge in [-0.05, 0) is 87.2 Å². The zero-order valence-electron chi connectivity index (χ0n) is 35.2. The number of nitrogens with one attached hydrogen (secondary N) is 2. The SMILES string of the molecule is COc1cc(N2CCC(NCCCCCCCCc3cccc4c3CN(C3CCC(=O)NC3=O)C4=O)CC2)ccc1Cc1ncc(Cl)c(Cc2ccccc2P(C)(C)=O)n1. The minimum absolute atomic E-state index is 0.105. The number of piperidine rings is 2. The van der Waals surface area contributed by atoms with Gasteiger partial charge in [0.05, 0.1) is 17.8 Å². The number of benzene rings is 3. The first kappa shape index (κ1) is 43.5. The molecule has 1 atom stereocenters. The zero-order valence-corrected chi connectivity index (χ0v) is 36.8. The first-order valence-corrected chi connectivity index (χ1v) is 24.5. The lowest BCUT2D eigenvalue weighted by Crippen LogP contribution is -2.52. The van der Waals surface area contributed by atoms with Crippen LogP contribution in [0, 0.1) is 0 Å². The van der Waals surface area contributed by atoms with Crippen molar-refractivity contribution in [3.05, 3.63) is 111 Å². The summed E-state index contributed by atoms with van der Waals surface area (Å²) in [5.41, 5.74) is 6.79. The summed E-state index contributed by atoms with van der Waals surface area (Å²) in [4.78, 5) is 50.7. The number of halogens is 1. The van der Waals surface area contributed by atoms with Gasteiger partial charge in [0.2, 0.25) is 11.8 Å². The highest BCUT2D eigenvalue weighted by atomic mass is 35.5. The summed E-state index contributed by atoms with van der Waals surface area (Å²) >= 11 is 6.56. The minimum Gasteiger partial charge on any atom is -0.496 e. The molecule has 1 aromatic heterocycles. The second kappa shape index (κ2) is 19.9. The third-order valence-corrected chi connectivity index (χ3v) is 14.2. The number of imide groups is 1. The van der Waals surface area contributed by atoms with Crippen molar-refractivity contribution < 1.29 is 23.7 Å². The predicted molar refractivity (Wildman–Crippen MR) is 238 cm³/mol. The largest absolute Gasteiger partial charge is 0.496 e. The van der Waals surface area contributed by atoms with Crippen molar-refractivity contribution in [1.29, 1.82) is 0 Å². The fraction of sp³-hybridized carbons (Fsp3) is 0.468. The number of hydrogen-bond acceptors (Lipinski definition) is 9. The molecule has 2 saturated heterocycles. The van der Waals surface area contributed by atoms with Crippen LogP contribution in [0.4, 0.5) is 5.69 Å². The van der Waals surface area contributed by atoms with Gasteiger partial charge in [-0.3, -0.25) is 19.7 Å². The molecule has 4 aromatic rings. The molecule has 3 amide bonds. The summed E-state index contributed by atoms with van der Waals surface area (Å²) in [6, 6.07) is 20.1. The molecule has 0 radical (unpaired) electrons. The number of hydrogen-bond donors (Lipinski definition) is 2. The molecule has 0 bridgehead atoms. The number of carbonyl (C=O) groups is 3. The Morgan fingerprint density at radius 1 is 0.883 bits per heavy atom. The van der Waals surface area contributed by atoms with Gasteiger partial charge in [0.25, 0.3) is 5.91 Å². The number of anilines is 1. The molecule has 1 unspecified atom stereocenters. The van der Waals surface area contributed by atoms with Crippen LogP contribution >= 0.6 is 18.7 Å². The summed E-state index contributed by atoms with van der Waals surface area (Å²) in [5.74, 6) is 0.739. The van der Waals surface area contributed by atoms with E-state index in [0.29, 0.717) is 48.3 Å². The molecule has 0 saturated carbocycles. The van der Waals surface area contributed by atoms with Crippen molar-refractivity contribution in [3.63, 3.8) is 0 Å². The maximum Gasteiger partial charge on any atom is 0.255 e. The van der Waals surface area contributed by atoms with E-state index in [-0.39, 0.29) is 24.1 Å². The summed E-state index contributed by atoms with van der Waals surface area (Å²) in [5, 5.41) is 7.54. The number of ether oxygens (including phenoxy) is 1. The normalized spacial score (nSPS) is 17.3. The number of aryl methyl sites for hydroxylation is 1. The van der Waals surface area contributed by atoms with E-state index in [9.17, 15) is 18.9 Å². The summed E-state index contributed by atoms with van der Waals surface area (Å²) in [7, 11) is -0.755. The van der Waals surface area contributed by atoms with E-state index in [1.807, 2.05) is 36.4 Å². The van der Waals surface area contributed by atoms with Crippen LogP contribution < -0.4 is 25.6 Å². The molecule has 0 spiro atoms. The molecule has 3 aliphatic heterocycles. The van der Waals surface area contributed by atoms with Crippen LogP contribution in [-0.2, 0) is 40.0 Å².